The highest BCUT2D eigenvalue weighted by Gasteiger charge is 2.50. The van der Waals surface area contributed by atoms with Crippen molar-refractivity contribution in [2.75, 3.05) is 21.3 Å². The molecule has 4 rings (SSSR count). The molecule has 1 saturated heterocycles. The summed E-state index contributed by atoms with van der Waals surface area (Å²) in [6.07, 6.45) is -0.470. The lowest BCUT2D eigenvalue weighted by molar-refractivity contribution is 0.0340. The minimum absolute atomic E-state index is 0.0802. The molecule has 2 aliphatic heterocycles. The maximum atomic E-state index is 9.96. The Hall–Kier alpha value is -3.12. The maximum absolute atomic E-state index is 9.96. The zero-order chi connectivity index (χ0) is 22.1. The number of fused-ring (bicyclic) bond motifs is 1. The molecule has 0 radical (unpaired) electrons. The number of nitriles is 1. The van der Waals surface area contributed by atoms with E-state index in [9.17, 15) is 5.26 Å². The molecule has 4 N–H and O–H groups in total. The topological polar surface area (TPSA) is 111 Å². The number of halogens is 1. The van der Waals surface area contributed by atoms with Crippen molar-refractivity contribution in [3.05, 3.63) is 64.0 Å². The van der Waals surface area contributed by atoms with Crippen molar-refractivity contribution >= 4 is 11.6 Å². The molecule has 0 amide bonds. The Kier molecular flexibility index (Phi) is 5.83. The Labute approximate surface area is 185 Å². The lowest BCUT2D eigenvalue weighted by atomic mass is 9.74. The number of benzene rings is 2. The number of nitrogens with zero attached hydrogens (tertiary/aromatic N) is 1. The molecule has 0 aliphatic carbocycles. The van der Waals surface area contributed by atoms with Crippen LogP contribution < -0.4 is 30.8 Å². The summed E-state index contributed by atoms with van der Waals surface area (Å²) in [4.78, 5) is 0. The van der Waals surface area contributed by atoms with Crippen molar-refractivity contribution in [2.24, 2.45) is 11.7 Å². The van der Waals surface area contributed by atoms with Crippen molar-refractivity contribution in [3.8, 4) is 23.3 Å². The van der Waals surface area contributed by atoms with Gasteiger partial charge < -0.3 is 24.7 Å². The van der Waals surface area contributed by atoms with E-state index in [1.54, 1.807) is 21.3 Å². The molecule has 2 heterocycles. The molecule has 8 nitrogen and oxygen atoms in total. The van der Waals surface area contributed by atoms with Gasteiger partial charge in [0.15, 0.2) is 17.7 Å². The van der Waals surface area contributed by atoms with E-state index in [2.05, 4.69) is 16.9 Å². The van der Waals surface area contributed by atoms with E-state index in [0.29, 0.717) is 27.8 Å². The Morgan fingerprint density at radius 2 is 1.74 bits per heavy atom. The van der Waals surface area contributed by atoms with E-state index >= 15 is 0 Å². The van der Waals surface area contributed by atoms with Gasteiger partial charge in [-0.15, -0.1) is 0 Å². The standard InChI is InChI=1S/C22H23ClN4O4/c1-28-15-8-11(9-16(29-2)20(15)30-3)17-13(10-24)21(25)31-22-18(17)19(26-27-22)12-6-4-5-7-14(12)23/h4-9,17-19,22,26-27H,25H2,1-3H3. The summed E-state index contributed by atoms with van der Waals surface area (Å²) in [5.74, 6) is 0.883. The third-order valence-corrected chi connectivity index (χ3v) is 6.08. The molecule has 9 heteroatoms. The van der Waals surface area contributed by atoms with Gasteiger partial charge in [-0.3, -0.25) is 0 Å². The summed E-state index contributed by atoms with van der Waals surface area (Å²) >= 11 is 6.50. The second-order valence-electron chi connectivity index (χ2n) is 7.23. The van der Waals surface area contributed by atoms with E-state index in [0.717, 1.165) is 11.1 Å². The average molecular weight is 443 g/mol. The number of nitrogens with one attached hydrogen (secondary N) is 2. The first-order chi connectivity index (χ1) is 15.0. The van der Waals surface area contributed by atoms with Gasteiger partial charge in [-0.25, -0.2) is 10.9 Å². The van der Waals surface area contributed by atoms with Crippen molar-refractivity contribution < 1.29 is 18.9 Å². The zero-order valence-corrected chi connectivity index (χ0v) is 18.1. The molecular formula is C22H23ClN4O4. The van der Waals surface area contributed by atoms with E-state index in [1.807, 2.05) is 36.4 Å². The number of methoxy groups -OCH3 is 3. The van der Waals surface area contributed by atoms with E-state index < -0.39 is 12.1 Å². The molecule has 1 fully saturated rings. The largest absolute Gasteiger partial charge is 0.493 e. The number of nitrogens with two attached hydrogens (primary N) is 1. The molecule has 2 aromatic rings. The van der Waals surface area contributed by atoms with Gasteiger partial charge in [-0.2, -0.15) is 5.26 Å². The number of hydrogen-bond donors (Lipinski definition) is 3. The summed E-state index contributed by atoms with van der Waals surface area (Å²) in [6.45, 7) is 0. The minimum atomic E-state index is -0.470. The number of ether oxygens (including phenoxy) is 4. The Bertz CT molecular complexity index is 1040. The fourth-order valence-corrected chi connectivity index (χ4v) is 4.62. The number of hydrazine groups is 1. The Morgan fingerprint density at radius 1 is 1.06 bits per heavy atom. The quantitative estimate of drug-likeness (QED) is 0.648. The average Bonchev–Trinajstić information content (AvgIpc) is 3.20. The summed E-state index contributed by atoms with van der Waals surface area (Å²) < 4.78 is 22.4. The summed E-state index contributed by atoms with van der Waals surface area (Å²) in [7, 11) is 4.64. The van der Waals surface area contributed by atoms with Crippen LogP contribution in [-0.4, -0.2) is 27.6 Å². The summed E-state index contributed by atoms with van der Waals surface area (Å²) in [5, 5.41) is 10.6. The fourth-order valence-electron chi connectivity index (χ4n) is 4.37. The first-order valence-corrected chi connectivity index (χ1v) is 10.0. The monoisotopic (exact) mass is 442 g/mol. The fraction of sp³-hybridized carbons (Fsp3) is 0.318. The van der Waals surface area contributed by atoms with Crippen LogP contribution in [0.15, 0.2) is 47.9 Å². The molecule has 2 aliphatic rings. The van der Waals surface area contributed by atoms with Crippen LogP contribution in [0.3, 0.4) is 0 Å². The van der Waals surface area contributed by atoms with Crippen molar-refractivity contribution in [3.63, 3.8) is 0 Å². The second-order valence-corrected chi connectivity index (χ2v) is 7.64. The maximum Gasteiger partial charge on any atom is 0.203 e. The van der Waals surface area contributed by atoms with Crippen molar-refractivity contribution in [1.29, 1.82) is 5.26 Å². The van der Waals surface area contributed by atoms with E-state index in [4.69, 9.17) is 36.3 Å². The Balaban J connectivity index is 1.90. The van der Waals surface area contributed by atoms with Crippen molar-refractivity contribution in [1.82, 2.24) is 10.9 Å². The lowest BCUT2D eigenvalue weighted by Gasteiger charge is -2.36. The summed E-state index contributed by atoms with van der Waals surface area (Å²) in [5.41, 5.74) is 14.6. The normalized spacial score (nSPS) is 24.7. The van der Waals surface area contributed by atoms with E-state index in [1.165, 1.54) is 0 Å². The van der Waals surface area contributed by atoms with Gasteiger partial charge in [0.05, 0.1) is 32.9 Å². The highest BCUT2D eigenvalue weighted by molar-refractivity contribution is 6.31. The van der Waals surface area contributed by atoms with Crippen LogP contribution in [0.25, 0.3) is 0 Å². The SMILES string of the molecule is COc1cc(C2C(C#N)=C(N)OC3NNC(c4ccccc4Cl)C32)cc(OC)c1OC. The first kappa shape index (κ1) is 21.1. The van der Waals surface area contributed by atoms with Crippen LogP contribution in [0.1, 0.15) is 23.1 Å². The number of rotatable bonds is 5. The van der Waals surface area contributed by atoms with Crippen molar-refractivity contribution in [2.45, 2.75) is 18.2 Å². The van der Waals surface area contributed by atoms with Gasteiger partial charge in [0, 0.05) is 16.9 Å². The Morgan fingerprint density at radius 3 is 2.32 bits per heavy atom. The highest BCUT2D eigenvalue weighted by atomic mass is 35.5. The predicted octanol–water partition coefficient (Wildman–Crippen LogP) is 2.96. The van der Waals surface area contributed by atoms with Crippen LogP contribution in [0.2, 0.25) is 5.02 Å². The molecule has 0 saturated carbocycles. The van der Waals surface area contributed by atoms with E-state index in [-0.39, 0.29) is 17.8 Å². The van der Waals surface area contributed by atoms with Crippen LogP contribution in [0.4, 0.5) is 0 Å². The van der Waals surface area contributed by atoms with Gasteiger partial charge >= 0.3 is 0 Å². The van der Waals surface area contributed by atoms with Gasteiger partial charge in [0.2, 0.25) is 11.6 Å². The van der Waals surface area contributed by atoms with Crippen LogP contribution in [0, 0.1) is 17.2 Å². The first-order valence-electron chi connectivity index (χ1n) is 9.65. The molecule has 162 valence electrons. The van der Waals surface area contributed by atoms with Crippen LogP contribution >= 0.6 is 11.6 Å². The molecule has 31 heavy (non-hydrogen) atoms. The minimum Gasteiger partial charge on any atom is -0.493 e. The van der Waals surface area contributed by atoms with Gasteiger partial charge in [0.25, 0.3) is 0 Å². The predicted molar refractivity (Wildman–Crippen MR) is 114 cm³/mol. The molecule has 4 atom stereocenters. The third kappa shape index (κ3) is 3.51. The third-order valence-electron chi connectivity index (χ3n) is 5.74. The lowest BCUT2D eigenvalue weighted by Crippen LogP contribution is -2.41. The molecule has 0 bridgehead atoms. The van der Waals surface area contributed by atoms with Gasteiger partial charge in [0.1, 0.15) is 6.07 Å². The number of hydrogen-bond acceptors (Lipinski definition) is 8. The summed E-state index contributed by atoms with van der Waals surface area (Å²) in [6, 6.07) is 13.2. The molecule has 0 spiro atoms. The van der Waals surface area contributed by atoms with Gasteiger partial charge in [-0.1, -0.05) is 29.8 Å². The molecule has 2 aromatic carbocycles. The molecule has 0 aromatic heterocycles. The molecule has 4 unspecified atom stereocenters. The van der Waals surface area contributed by atoms with Crippen LogP contribution in [0.5, 0.6) is 17.2 Å². The molecular weight excluding hydrogens is 420 g/mol. The van der Waals surface area contributed by atoms with Gasteiger partial charge in [-0.05, 0) is 29.3 Å². The highest BCUT2D eigenvalue weighted by Crippen LogP contribution is 2.51. The number of allylic oxidation sites excluding steroid dienone is 1. The smallest absolute Gasteiger partial charge is 0.203 e. The second kappa shape index (κ2) is 8.55. The van der Waals surface area contributed by atoms with Crippen LogP contribution in [-0.2, 0) is 4.74 Å². The zero-order valence-electron chi connectivity index (χ0n) is 17.3.